The molecule has 0 bridgehead atoms. The topological polar surface area (TPSA) is 24.9 Å². The molecule has 0 spiro atoms. The third-order valence-electron chi connectivity index (χ3n) is 2.59. The van der Waals surface area contributed by atoms with Gasteiger partial charge in [-0.1, -0.05) is 40.9 Å². The maximum atomic E-state index is 13.0. The lowest BCUT2D eigenvalue weighted by Gasteiger charge is -2.11. The molecule has 0 amide bonds. The van der Waals surface area contributed by atoms with Gasteiger partial charge in [0.15, 0.2) is 5.15 Å². The lowest BCUT2D eigenvalue weighted by molar-refractivity contribution is 0.627. The molecule has 1 aromatic carbocycles. The highest BCUT2D eigenvalue weighted by atomic mass is 35.5. The van der Waals surface area contributed by atoms with Gasteiger partial charge >= 0.3 is 0 Å². The van der Waals surface area contributed by atoms with Crippen LogP contribution in [0.15, 0.2) is 24.3 Å². The van der Waals surface area contributed by atoms with E-state index in [4.69, 9.17) is 34.8 Å². The number of hydrogen-bond donors (Lipinski definition) is 1. The second kappa shape index (κ2) is 5.95. The van der Waals surface area contributed by atoms with Gasteiger partial charge in [-0.3, -0.25) is 0 Å². The molecule has 19 heavy (non-hydrogen) atoms. The zero-order chi connectivity index (χ0) is 14.0. The van der Waals surface area contributed by atoms with E-state index in [1.54, 1.807) is 18.2 Å². The first-order valence-corrected chi connectivity index (χ1v) is 6.61. The molecule has 100 valence electrons. The van der Waals surface area contributed by atoms with E-state index in [2.05, 4.69) is 10.3 Å². The number of pyridine rings is 1. The van der Waals surface area contributed by atoms with E-state index in [1.165, 1.54) is 6.07 Å². The summed E-state index contributed by atoms with van der Waals surface area (Å²) in [6, 6.07) is 6.26. The first-order valence-electron chi connectivity index (χ1n) is 5.48. The molecule has 0 aliphatic rings. The summed E-state index contributed by atoms with van der Waals surface area (Å²) < 4.78 is 13.0. The number of nitrogens with zero attached hydrogens (tertiary/aromatic N) is 1. The number of benzene rings is 1. The van der Waals surface area contributed by atoms with Crippen molar-refractivity contribution in [2.45, 2.75) is 13.5 Å². The van der Waals surface area contributed by atoms with E-state index in [0.29, 0.717) is 22.5 Å². The molecule has 0 aliphatic carbocycles. The number of anilines is 1. The zero-order valence-electron chi connectivity index (χ0n) is 9.98. The van der Waals surface area contributed by atoms with Crippen molar-refractivity contribution in [1.82, 2.24) is 4.98 Å². The van der Waals surface area contributed by atoms with Crippen LogP contribution in [0.4, 0.5) is 10.1 Å². The minimum atomic E-state index is -0.437. The Morgan fingerprint density at radius 2 is 1.95 bits per heavy atom. The molecule has 0 aliphatic heterocycles. The lowest BCUT2D eigenvalue weighted by atomic mass is 10.2. The Bertz CT molecular complexity index is 594. The van der Waals surface area contributed by atoms with Crippen LogP contribution in [0.25, 0.3) is 0 Å². The van der Waals surface area contributed by atoms with Crippen molar-refractivity contribution in [3.05, 3.63) is 56.5 Å². The summed E-state index contributed by atoms with van der Waals surface area (Å²) in [7, 11) is 0. The Morgan fingerprint density at radius 1 is 1.21 bits per heavy atom. The van der Waals surface area contributed by atoms with Gasteiger partial charge in [0.25, 0.3) is 0 Å². The molecule has 1 N–H and O–H groups in total. The highest BCUT2D eigenvalue weighted by Crippen LogP contribution is 2.27. The minimum Gasteiger partial charge on any atom is -0.378 e. The monoisotopic (exact) mass is 318 g/mol. The summed E-state index contributed by atoms with van der Waals surface area (Å²) >= 11 is 17.5. The number of aromatic nitrogens is 1. The second-order valence-electron chi connectivity index (χ2n) is 4.03. The van der Waals surface area contributed by atoms with Gasteiger partial charge in [0.2, 0.25) is 0 Å². The third-order valence-corrected chi connectivity index (χ3v) is 3.35. The number of halogens is 4. The molecule has 2 nitrogen and oxygen atoms in total. The minimum absolute atomic E-state index is 0.0938. The molecule has 0 saturated heterocycles. The van der Waals surface area contributed by atoms with Crippen LogP contribution >= 0.6 is 34.8 Å². The molecule has 0 unspecified atom stereocenters. The standard InChI is InChI=1S/C13H10Cl3FN2/c1-7-4-11(15)19-13(16)12(7)18-6-8-2-3-10(17)9(14)5-8/h2-5,18H,6H2,1H3. The average Bonchev–Trinajstić information content (AvgIpc) is 2.32. The van der Waals surface area contributed by atoms with Gasteiger partial charge in [-0.15, -0.1) is 0 Å². The van der Waals surface area contributed by atoms with E-state index >= 15 is 0 Å². The SMILES string of the molecule is Cc1cc(Cl)nc(Cl)c1NCc1ccc(F)c(Cl)c1. The number of rotatable bonds is 3. The van der Waals surface area contributed by atoms with Crippen LogP contribution in [0, 0.1) is 12.7 Å². The Hall–Kier alpha value is -1.03. The van der Waals surface area contributed by atoms with Gasteiger partial charge in [0.05, 0.1) is 10.7 Å². The molecule has 0 saturated carbocycles. The molecule has 1 aromatic heterocycles. The van der Waals surface area contributed by atoms with E-state index in [0.717, 1.165) is 11.1 Å². The van der Waals surface area contributed by atoms with Crippen LogP contribution in [-0.2, 0) is 6.54 Å². The summed E-state index contributed by atoms with van der Waals surface area (Å²) in [5, 5.41) is 3.88. The predicted molar refractivity (Wildman–Crippen MR) is 77.7 cm³/mol. The third kappa shape index (κ3) is 3.50. The Labute approximate surface area is 125 Å². The van der Waals surface area contributed by atoms with Crippen LogP contribution in [0.3, 0.4) is 0 Å². The number of aryl methyl sites for hydroxylation is 1. The first kappa shape index (κ1) is 14.4. The second-order valence-corrected chi connectivity index (χ2v) is 5.18. The molecule has 2 rings (SSSR count). The highest BCUT2D eigenvalue weighted by molar-refractivity contribution is 6.34. The van der Waals surface area contributed by atoms with Crippen molar-refractivity contribution >= 4 is 40.5 Å². The molecule has 0 radical (unpaired) electrons. The van der Waals surface area contributed by atoms with Crippen LogP contribution < -0.4 is 5.32 Å². The van der Waals surface area contributed by atoms with E-state index in [-0.39, 0.29) is 5.02 Å². The average molecular weight is 320 g/mol. The number of hydrogen-bond acceptors (Lipinski definition) is 2. The van der Waals surface area contributed by atoms with Gasteiger partial charge in [-0.05, 0) is 36.2 Å². The maximum Gasteiger partial charge on any atom is 0.154 e. The van der Waals surface area contributed by atoms with Crippen LogP contribution in [0.1, 0.15) is 11.1 Å². The number of nitrogens with one attached hydrogen (secondary N) is 1. The van der Waals surface area contributed by atoms with Gasteiger partial charge in [0.1, 0.15) is 11.0 Å². The summed E-state index contributed by atoms with van der Waals surface area (Å²) in [5.41, 5.74) is 2.43. The molecule has 6 heteroatoms. The molecule has 0 atom stereocenters. The van der Waals surface area contributed by atoms with Gasteiger partial charge < -0.3 is 5.32 Å². The fourth-order valence-corrected chi connectivity index (χ4v) is 2.45. The summed E-state index contributed by atoms with van der Waals surface area (Å²) in [4.78, 5) is 3.96. The van der Waals surface area contributed by atoms with E-state index in [9.17, 15) is 4.39 Å². The smallest absolute Gasteiger partial charge is 0.154 e. The van der Waals surface area contributed by atoms with Crippen molar-refractivity contribution in [2.75, 3.05) is 5.32 Å². The summed E-state index contributed by atoms with van der Waals surface area (Å²) in [6.45, 7) is 2.34. The van der Waals surface area contributed by atoms with Crippen LogP contribution in [-0.4, -0.2) is 4.98 Å². The molecule has 0 fully saturated rings. The maximum absolute atomic E-state index is 13.0. The van der Waals surface area contributed by atoms with Crippen molar-refractivity contribution < 1.29 is 4.39 Å². The van der Waals surface area contributed by atoms with E-state index in [1.807, 2.05) is 6.92 Å². The Morgan fingerprint density at radius 3 is 2.58 bits per heavy atom. The van der Waals surface area contributed by atoms with Gasteiger partial charge in [-0.2, -0.15) is 0 Å². The summed E-state index contributed by atoms with van der Waals surface area (Å²) in [5.74, 6) is -0.437. The van der Waals surface area contributed by atoms with E-state index < -0.39 is 5.82 Å². The van der Waals surface area contributed by atoms with Gasteiger partial charge in [-0.25, -0.2) is 9.37 Å². The zero-order valence-corrected chi connectivity index (χ0v) is 12.2. The van der Waals surface area contributed by atoms with Crippen molar-refractivity contribution in [3.8, 4) is 0 Å². The molecular weight excluding hydrogens is 310 g/mol. The van der Waals surface area contributed by atoms with Crippen molar-refractivity contribution in [3.63, 3.8) is 0 Å². The summed E-state index contributed by atoms with van der Waals surface area (Å²) in [6.07, 6.45) is 0. The quantitative estimate of drug-likeness (QED) is 0.796. The van der Waals surface area contributed by atoms with Crippen LogP contribution in [0.2, 0.25) is 15.3 Å². The highest BCUT2D eigenvalue weighted by Gasteiger charge is 2.08. The first-order chi connectivity index (χ1) is 8.97. The largest absolute Gasteiger partial charge is 0.378 e. The van der Waals surface area contributed by atoms with Crippen molar-refractivity contribution in [2.24, 2.45) is 0 Å². The van der Waals surface area contributed by atoms with Crippen LogP contribution in [0.5, 0.6) is 0 Å². The molecule has 2 aromatic rings. The van der Waals surface area contributed by atoms with Crippen molar-refractivity contribution in [1.29, 1.82) is 0 Å². The fourth-order valence-electron chi connectivity index (χ4n) is 1.65. The normalized spacial score (nSPS) is 10.6. The predicted octanol–water partition coefficient (Wildman–Crippen LogP) is 5.10. The van der Waals surface area contributed by atoms with Gasteiger partial charge in [0, 0.05) is 6.54 Å². The molecule has 1 heterocycles. The fraction of sp³-hybridized carbons (Fsp3) is 0.154. The Balaban J connectivity index is 2.16. The molecular formula is C13H10Cl3FN2. The Kier molecular flexibility index (Phi) is 4.50. The lowest BCUT2D eigenvalue weighted by Crippen LogP contribution is -2.03.